The Morgan fingerprint density at radius 2 is 2.00 bits per heavy atom. The normalized spacial score (nSPS) is 11.9. The Balaban J connectivity index is 2.67. The molecule has 1 rings (SSSR count). The highest BCUT2D eigenvalue weighted by molar-refractivity contribution is 6.05. The van der Waals surface area contributed by atoms with E-state index in [9.17, 15) is 9.59 Å². The monoisotopic (exact) mass is 247 g/mol. The van der Waals surface area contributed by atoms with Gasteiger partial charge in [-0.05, 0) is 31.9 Å². The van der Waals surface area contributed by atoms with E-state index < -0.39 is 0 Å². The van der Waals surface area contributed by atoms with Crippen molar-refractivity contribution >= 4 is 11.8 Å². The summed E-state index contributed by atoms with van der Waals surface area (Å²) in [5, 5.41) is 2.48. The molecule has 3 nitrogen and oxygen atoms in total. The van der Waals surface area contributed by atoms with Crippen LogP contribution < -0.4 is 5.32 Å². The summed E-state index contributed by atoms with van der Waals surface area (Å²) in [6.45, 7) is 5.93. The third-order valence-corrected chi connectivity index (χ3v) is 3.02. The molecule has 1 aromatic rings. The van der Waals surface area contributed by atoms with Crippen molar-refractivity contribution in [3.63, 3.8) is 0 Å². The summed E-state index contributed by atoms with van der Waals surface area (Å²) in [4.78, 5) is 23.8. The van der Waals surface area contributed by atoms with Crippen LogP contribution in [0.25, 0.3) is 0 Å². The van der Waals surface area contributed by atoms with Crippen LogP contribution in [-0.4, -0.2) is 11.8 Å². The third kappa shape index (κ3) is 3.99. The minimum Gasteiger partial charge on any atom is -0.292 e. The maximum Gasteiger partial charge on any atom is 0.257 e. The smallest absolute Gasteiger partial charge is 0.257 e. The lowest BCUT2D eigenvalue weighted by Crippen LogP contribution is -2.35. The van der Waals surface area contributed by atoms with E-state index in [0.717, 1.165) is 24.8 Å². The summed E-state index contributed by atoms with van der Waals surface area (Å²) in [6, 6.07) is 7.24. The first-order valence-corrected chi connectivity index (χ1v) is 6.50. The summed E-state index contributed by atoms with van der Waals surface area (Å²) in [5.41, 5.74) is 1.55. The minimum absolute atomic E-state index is 0.0660. The molecule has 0 aliphatic rings. The highest BCUT2D eigenvalue weighted by atomic mass is 16.2. The first kappa shape index (κ1) is 14.4. The zero-order chi connectivity index (χ0) is 13.5. The number of hydrogen-bond acceptors (Lipinski definition) is 2. The van der Waals surface area contributed by atoms with Crippen molar-refractivity contribution in [1.29, 1.82) is 0 Å². The van der Waals surface area contributed by atoms with E-state index in [0.29, 0.717) is 5.56 Å². The Kier molecular flexibility index (Phi) is 5.56. The lowest BCUT2D eigenvalue weighted by molar-refractivity contribution is -0.124. The van der Waals surface area contributed by atoms with E-state index in [1.807, 2.05) is 32.9 Å². The molecule has 0 radical (unpaired) electrons. The Labute approximate surface area is 109 Å². The van der Waals surface area contributed by atoms with Gasteiger partial charge >= 0.3 is 0 Å². The standard InChI is InChI=1S/C15H21NO2/c1-4-7-12(5-2)14(17)16-15(18)13-9-6-8-11(3)10-13/h6,8-10,12H,4-5,7H2,1-3H3,(H,16,17,18). The number of amides is 2. The average molecular weight is 247 g/mol. The second-order valence-electron chi connectivity index (χ2n) is 4.58. The van der Waals surface area contributed by atoms with E-state index in [1.54, 1.807) is 12.1 Å². The summed E-state index contributed by atoms with van der Waals surface area (Å²) in [5.74, 6) is -0.534. The fourth-order valence-corrected chi connectivity index (χ4v) is 1.94. The molecule has 0 saturated heterocycles. The van der Waals surface area contributed by atoms with Gasteiger partial charge in [0, 0.05) is 11.5 Å². The Bertz CT molecular complexity index is 426. The van der Waals surface area contributed by atoms with Crippen LogP contribution in [0.5, 0.6) is 0 Å². The Hall–Kier alpha value is -1.64. The fraction of sp³-hybridized carbons (Fsp3) is 0.467. The van der Waals surface area contributed by atoms with Gasteiger partial charge in [0.15, 0.2) is 0 Å². The Morgan fingerprint density at radius 3 is 2.56 bits per heavy atom. The number of benzene rings is 1. The summed E-state index contributed by atoms with van der Waals surface area (Å²) in [7, 11) is 0. The van der Waals surface area contributed by atoms with Crippen molar-refractivity contribution in [1.82, 2.24) is 5.32 Å². The molecule has 3 heteroatoms. The molecule has 1 atom stereocenters. The van der Waals surface area contributed by atoms with Gasteiger partial charge < -0.3 is 0 Å². The molecular weight excluding hydrogens is 226 g/mol. The van der Waals surface area contributed by atoms with Crippen LogP contribution in [-0.2, 0) is 4.79 Å². The van der Waals surface area contributed by atoms with Crippen molar-refractivity contribution in [3.8, 4) is 0 Å². The fourth-order valence-electron chi connectivity index (χ4n) is 1.94. The number of hydrogen-bond donors (Lipinski definition) is 1. The van der Waals surface area contributed by atoms with Crippen LogP contribution in [0.15, 0.2) is 24.3 Å². The van der Waals surface area contributed by atoms with Crippen molar-refractivity contribution < 1.29 is 9.59 Å². The van der Waals surface area contributed by atoms with Crippen molar-refractivity contribution in [3.05, 3.63) is 35.4 Å². The van der Waals surface area contributed by atoms with Gasteiger partial charge in [0.05, 0.1) is 0 Å². The zero-order valence-corrected chi connectivity index (χ0v) is 11.3. The molecule has 2 amide bonds. The lowest BCUT2D eigenvalue weighted by Gasteiger charge is -2.13. The van der Waals surface area contributed by atoms with Crippen molar-refractivity contribution in [2.24, 2.45) is 5.92 Å². The first-order valence-electron chi connectivity index (χ1n) is 6.50. The van der Waals surface area contributed by atoms with Crippen LogP contribution in [0.1, 0.15) is 49.0 Å². The van der Waals surface area contributed by atoms with Gasteiger partial charge in [0.25, 0.3) is 5.91 Å². The van der Waals surface area contributed by atoms with E-state index in [4.69, 9.17) is 0 Å². The molecule has 0 heterocycles. The van der Waals surface area contributed by atoms with Gasteiger partial charge in [-0.1, -0.05) is 38.0 Å². The molecule has 1 unspecified atom stereocenters. The third-order valence-electron chi connectivity index (χ3n) is 3.02. The van der Waals surface area contributed by atoms with E-state index in [1.165, 1.54) is 0 Å². The number of carbonyl (C=O) groups is 2. The topological polar surface area (TPSA) is 46.2 Å². The molecular formula is C15H21NO2. The summed E-state index contributed by atoms with van der Waals surface area (Å²) < 4.78 is 0. The molecule has 0 saturated carbocycles. The van der Waals surface area contributed by atoms with E-state index in [-0.39, 0.29) is 17.7 Å². The Morgan fingerprint density at radius 1 is 1.28 bits per heavy atom. The van der Waals surface area contributed by atoms with Gasteiger partial charge in [-0.25, -0.2) is 0 Å². The molecule has 18 heavy (non-hydrogen) atoms. The number of imide groups is 1. The summed E-state index contributed by atoms with van der Waals surface area (Å²) in [6.07, 6.45) is 2.54. The van der Waals surface area contributed by atoms with E-state index >= 15 is 0 Å². The van der Waals surface area contributed by atoms with E-state index in [2.05, 4.69) is 5.32 Å². The zero-order valence-electron chi connectivity index (χ0n) is 11.3. The van der Waals surface area contributed by atoms with Crippen LogP contribution in [0, 0.1) is 12.8 Å². The number of nitrogens with one attached hydrogen (secondary N) is 1. The van der Waals surface area contributed by atoms with Gasteiger partial charge in [-0.3, -0.25) is 14.9 Å². The van der Waals surface area contributed by atoms with Gasteiger partial charge in [0.1, 0.15) is 0 Å². The first-order chi connectivity index (χ1) is 8.58. The van der Waals surface area contributed by atoms with Gasteiger partial charge in [-0.15, -0.1) is 0 Å². The molecule has 0 spiro atoms. The molecule has 98 valence electrons. The summed E-state index contributed by atoms with van der Waals surface area (Å²) >= 11 is 0. The van der Waals surface area contributed by atoms with Crippen LogP contribution in [0.4, 0.5) is 0 Å². The SMILES string of the molecule is CCCC(CC)C(=O)NC(=O)c1cccc(C)c1. The molecule has 1 aromatic carbocycles. The molecule has 0 aliphatic carbocycles. The highest BCUT2D eigenvalue weighted by Crippen LogP contribution is 2.11. The maximum atomic E-state index is 11.9. The quantitative estimate of drug-likeness (QED) is 0.869. The molecule has 0 bridgehead atoms. The average Bonchev–Trinajstić information content (AvgIpc) is 2.35. The largest absolute Gasteiger partial charge is 0.292 e. The predicted molar refractivity (Wildman–Crippen MR) is 72.3 cm³/mol. The number of aryl methyl sites for hydroxylation is 1. The predicted octanol–water partition coefficient (Wildman–Crippen LogP) is 3.08. The number of rotatable bonds is 5. The lowest BCUT2D eigenvalue weighted by atomic mass is 9.99. The molecule has 0 aromatic heterocycles. The second kappa shape index (κ2) is 6.94. The van der Waals surface area contributed by atoms with Crippen molar-refractivity contribution in [2.75, 3.05) is 0 Å². The molecule has 0 aliphatic heterocycles. The highest BCUT2D eigenvalue weighted by Gasteiger charge is 2.18. The van der Waals surface area contributed by atoms with Gasteiger partial charge in [0.2, 0.25) is 5.91 Å². The van der Waals surface area contributed by atoms with Crippen LogP contribution >= 0.6 is 0 Å². The van der Waals surface area contributed by atoms with Gasteiger partial charge in [-0.2, -0.15) is 0 Å². The van der Waals surface area contributed by atoms with Crippen LogP contribution in [0.3, 0.4) is 0 Å². The van der Waals surface area contributed by atoms with Crippen molar-refractivity contribution in [2.45, 2.75) is 40.0 Å². The second-order valence-corrected chi connectivity index (χ2v) is 4.58. The molecule has 0 fully saturated rings. The minimum atomic E-state index is -0.307. The van der Waals surface area contributed by atoms with Crippen LogP contribution in [0.2, 0.25) is 0 Å². The number of carbonyl (C=O) groups excluding carboxylic acids is 2. The maximum absolute atomic E-state index is 11.9. The molecule has 1 N–H and O–H groups in total.